The maximum Gasteiger partial charge on any atom is 0.426 e. The summed E-state index contributed by atoms with van der Waals surface area (Å²) in [6.07, 6.45) is 3.96. The van der Waals surface area contributed by atoms with Crippen molar-refractivity contribution in [3.8, 4) is 0 Å². The third-order valence-electron chi connectivity index (χ3n) is 4.70. The lowest BCUT2D eigenvalue weighted by molar-refractivity contribution is 0.153. The molecule has 114 valence electrons. The van der Waals surface area contributed by atoms with E-state index < -0.39 is 10.7 Å². The van der Waals surface area contributed by atoms with Gasteiger partial charge in [-0.15, -0.1) is 0 Å². The number of likely N-dealkylation sites (tertiary alicyclic amines) is 1. The fourth-order valence-corrected chi connectivity index (χ4v) is 3.43. The first-order valence-corrected chi connectivity index (χ1v) is 7.89. The Kier molecular flexibility index (Phi) is 3.97. The average molecular weight is 289 g/mol. The van der Waals surface area contributed by atoms with Gasteiger partial charge in [0.1, 0.15) is 11.7 Å². The summed E-state index contributed by atoms with van der Waals surface area (Å²) in [6, 6.07) is 6.68. The van der Waals surface area contributed by atoms with Crippen molar-refractivity contribution in [2.75, 3.05) is 25.0 Å². The lowest BCUT2D eigenvalue weighted by Crippen LogP contribution is -2.58. The largest absolute Gasteiger partial charge is 0.618 e. The van der Waals surface area contributed by atoms with Crippen LogP contribution in [0.5, 0.6) is 0 Å². The predicted molar refractivity (Wildman–Crippen MR) is 85.0 cm³/mol. The topological polar surface area (TPSA) is 55.4 Å². The molecule has 1 atom stereocenters. The molecule has 21 heavy (non-hydrogen) atoms. The summed E-state index contributed by atoms with van der Waals surface area (Å²) in [5, 5.41) is 16.0. The Balaban J connectivity index is 1.74. The zero-order chi connectivity index (χ0) is 14.9. The van der Waals surface area contributed by atoms with E-state index in [1.807, 2.05) is 18.2 Å². The molecular weight excluding hydrogens is 266 g/mol. The van der Waals surface area contributed by atoms with Crippen LogP contribution in [0.15, 0.2) is 24.3 Å². The van der Waals surface area contributed by atoms with Gasteiger partial charge in [0.2, 0.25) is 0 Å². The maximum atomic E-state index is 13.2. The molecule has 1 fully saturated rings. The fraction of sp³-hybridized carbons (Fsp3) is 0.562. The molecule has 5 heteroatoms. The highest BCUT2D eigenvalue weighted by atomic mass is 16.6. The minimum absolute atomic E-state index is 0.161. The molecule has 0 spiro atoms. The molecule has 1 aromatic carbocycles. The van der Waals surface area contributed by atoms with Crippen LogP contribution in [0.4, 0.5) is 16.2 Å². The molecule has 0 aliphatic carbocycles. The number of hydroxylamine groups is 2. The van der Waals surface area contributed by atoms with E-state index in [2.05, 4.69) is 17.1 Å². The first kappa shape index (κ1) is 14.5. The molecule has 1 saturated heterocycles. The van der Waals surface area contributed by atoms with Gasteiger partial charge < -0.3 is 10.1 Å². The number of urea groups is 1. The molecule has 3 rings (SSSR count). The Hall–Kier alpha value is -1.43. The van der Waals surface area contributed by atoms with Crippen LogP contribution in [-0.2, 0) is 0 Å². The van der Waals surface area contributed by atoms with Crippen LogP contribution in [0.2, 0.25) is 0 Å². The number of anilines is 1. The van der Waals surface area contributed by atoms with Crippen molar-refractivity contribution in [3.63, 3.8) is 0 Å². The molecule has 0 bridgehead atoms. The zero-order valence-electron chi connectivity index (χ0n) is 12.5. The van der Waals surface area contributed by atoms with E-state index in [1.54, 1.807) is 6.07 Å². The van der Waals surface area contributed by atoms with E-state index >= 15 is 0 Å². The second-order valence-corrected chi connectivity index (χ2v) is 6.03. The molecule has 0 saturated carbocycles. The van der Waals surface area contributed by atoms with Crippen LogP contribution >= 0.6 is 0 Å². The van der Waals surface area contributed by atoms with Gasteiger partial charge in [-0.25, -0.2) is 9.44 Å². The van der Waals surface area contributed by atoms with Gasteiger partial charge in [-0.05, 0) is 19.0 Å². The standard InChI is InChI=1S/C16H23N3O2/c1-2-3-10-18-11-8-13(9-12-18)19(21)15-7-5-4-6-14(15)17-16(19)20/h4-7,13H,2-3,8-12H2,1H3,(H,17,20). The van der Waals surface area contributed by atoms with Crippen LogP contribution in [0.1, 0.15) is 32.6 Å². The van der Waals surface area contributed by atoms with Crippen molar-refractivity contribution < 1.29 is 4.79 Å². The predicted octanol–water partition coefficient (Wildman–Crippen LogP) is 3.30. The summed E-state index contributed by atoms with van der Waals surface area (Å²) in [7, 11) is 0. The number of rotatable bonds is 4. The Morgan fingerprint density at radius 3 is 2.76 bits per heavy atom. The van der Waals surface area contributed by atoms with Gasteiger partial charge in [0.25, 0.3) is 0 Å². The summed E-state index contributed by atoms with van der Waals surface area (Å²) in [5.74, 6) is 0. The number of carbonyl (C=O) groups excluding carboxylic acids is 1. The Bertz CT molecular complexity index is 526. The Labute approximate surface area is 125 Å². The van der Waals surface area contributed by atoms with E-state index in [0.717, 1.165) is 32.5 Å². The van der Waals surface area contributed by atoms with Gasteiger partial charge in [0.05, 0.1) is 0 Å². The molecule has 2 heterocycles. The van der Waals surface area contributed by atoms with Gasteiger partial charge in [-0.1, -0.05) is 25.5 Å². The molecule has 2 amide bonds. The van der Waals surface area contributed by atoms with Crippen LogP contribution < -0.4 is 9.96 Å². The van der Waals surface area contributed by atoms with E-state index in [9.17, 15) is 10.0 Å². The van der Waals surface area contributed by atoms with Crippen LogP contribution in [0.3, 0.4) is 0 Å². The normalized spacial score (nSPS) is 26.7. The van der Waals surface area contributed by atoms with Crippen LogP contribution in [0, 0.1) is 5.21 Å². The number of nitrogens with zero attached hydrogens (tertiary/aromatic N) is 2. The Morgan fingerprint density at radius 2 is 2.05 bits per heavy atom. The summed E-state index contributed by atoms with van der Waals surface area (Å²) in [6.45, 7) is 5.13. The second-order valence-electron chi connectivity index (χ2n) is 6.03. The van der Waals surface area contributed by atoms with Crippen molar-refractivity contribution >= 4 is 17.4 Å². The third kappa shape index (κ3) is 2.46. The lowest BCUT2D eigenvalue weighted by Gasteiger charge is -2.45. The van der Waals surface area contributed by atoms with Gasteiger partial charge in [0.15, 0.2) is 5.69 Å². The number of fused-ring (bicyclic) bond motifs is 1. The number of unbranched alkanes of at least 4 members (excludes halogenated alkanes) is 1. The van der Waals surface area contributed by atoms with E-state index in [4.69, 9.17) is 0 Å². The zero-order valence-corrected chi connectivity index (χ0v) is 12.5. The minimum atomic E-state index is -0.822. The molecular formula is C16H23N3O2. The summed E-state index contributed by atoms with van der Waals surface area (Å²) in [5.41, 5.74) is 1.25. The van der Waals surface area contributed by atoms with Gasteiger partial charge in [0, 0.05) is 32.0 Å². The molecule has 1 aromatic rings. The van der Waals surface area contributed by atoms with Crippen molar-refractivity contribution in [3.05, 3.63) is 29.5 Å². The number of carbonyl (C=O) groups is 1. The first-order valence-electron chi connectivity index (χ1n) is 7.89. The quantitative estimate of drug-likeness (QED) is 0.683. The summed E-state index contributed by atoms with van der Waals surface area (Å²) in [4.78, 5) is 14.6. The molecule has 5 nitrogen and oxygen atoms in total. The van der Waals surface area contributed by atoms with E-state index in [-0.39, 0.29) is 6.04 Å². The number of piperidine rings is 1. The summed E-state index contributed by atoms with van der Waals surface area (Å²) >= 11 is 0. The molecule has 2 aliphatic rings. The van der Waals surface area contributed by atoms with Crippen molar-refractivity contribution in [1.29, 1.82) is 0 Å². The molecule has 1 unspecified atom stereocenters. The molecule has 2 aliphatic heterocycles. The smallest absolute Gasteiger partial charge is 0.426 e. The maximum absolute atomic E-state index is 13.2. The van der Waals surface area contributed by atoms with Gasteiger partial charge >= 0.3 is 6.03 Å². The Morgan fingerprint density at radius 1 is 1.33 bits per heavy atom. The SMILES string of the molecule is CCCCN1CCC([N+]2([O-])C(=O)Nc3ccccc32)CC1. The monoisotopic (exact) mass is 289 g/mol. The first-order chi connectivity index (χ1) is 10.2. The summed E-state index contributed by atoms with van der Waals surface area (Å²) < 4.78 is -0.822. The van der Waals surface area contributed by atoms with Crippen molar-refractivity contribution in [1.82, 2.24) is 9.55 Å². The van der Waals surface area contributed by atoms with Crippen molar-refractivity contribution in [2.45, 2.75) is 38.6 Å². The number of benzene rings is 1. The number of quaternary nitrogens is 1. The highest BCUT2D eigenvalue weighted by Gasteiger charge is 2.46. The second kappa shape index (κ2) is 5.75. The highest BCUT2D eigenvalue weighted by molar-refractivity contribution is 6.08. The van der Waals surface area contributed by atoms with Crippen LogP contribution in [-0.4, -0.2) is 36.6 Å². The fourth-order valence-electron chi connectivity index (χ4n) is 3.43. The number of para-hydroxylation sites is 2. The van der Waals surface area contributed by atoms with E-state index in [1.165, 1.54) is 12.8 Å². The average Bonchev–Trinajstić information content (AvgIpc) is 2.78. The minimum Gasteiger partial charge on any atom is -0.618 e. The van der Waals surface area contributed by atoms with Crippen LogP contribution in [0.25, 0.3) is 0 Å². The lowest BCUT2D eigenvalue weighted by atomic mass is 10.0. The highest BCUT2D eigenvalue weighted by Crippen LogP contribution is 2.41. The number of amides is 2. The molecule has 0 radical (unpaired) electrons. The third-order valence-corrected chi connectivity index (χ3v) is 4.70. The number of hydrogen-bond acceptors (Lipinski definition) is 3. The number of hydrogen-bond donors (Lipinski definition) is 1. The number of nitrogens with one attached hydrogen (secondary N) is 1. The van der Waals surface area contributed by atoms with Gasteiger partial charge in [-0.3, -0.25) is 5.32 Å². The molecule has 0 aromatic heterocycles. The molecule has 1 N–H and O–H groups in total. The van der Waals surface area contributed by atoms with E-state index in [0.29, 0.717) is 11.4 Å². The van der Waals surface area contributed by atoms with Crippen molar-refractivity contribution in [2.24, 2.45) is 0 Å². The van der Waals surface area contributed by atoms with Gasteiger partial charge in [-0.2, -0.15) is 0 Å².